The van der Waals surface area contributed by atoms with Crippen molar-refractivity contribution in [3.05, 3.63) is 18.2 Å². The second kappa shape index (κ2) is 5.62. The van der Waals surface area contributed by atoms with E-state index in [0.717, 1.165) is 18.0 Å². The number of hydrogen-bond donors (Lipinski definition) is 0. The van der Waals surface area contributed by atoms with E-state index in [1.165, 1.54) is 0 Å². The van der Waals surface area contributed by atoms with E-state index in [1.54, 1.807) is 6.92 Å². The summed E-state index contributed by atoms with van der Waals surface area (Å²) in [4.78, 5) is 13.3. The van der Waals surface area contributed by atoms with E-state index in [9.17, 15) is 4.79 Å². The summed E-state index contributed by atoms with van der Waals surface area (Å²) in [6.45, 7) is 3.50. The van der Waals surface area contributed by atoms with Crippen molar-refractivity contribution in [2.75, 3.05) is 38.3 Å². The van der Waals surface area contributed by atoms with Gasteiger partial charge in [-0.15, -0.1) is 0 Å². The number of ether oxygens (including phenoxy) is 3. The first-order chi connectivity index (χ1) is 8.72. The molecule has 0 radical (unpaired) electrons. The summed E-state index contributed by atoms with van der Waals surface area (Å²) >= 11 is 0. The minimum atomic E-state index is -0.366. The predicted octanol–water partition coefficient (Wildman–Crippen LogP) is 1.46. The number of para-hydroxylation sites is 1. The highest BCUT2D eigenvalue weighted by atomic mass is 16.6. The third kappa shape index (κ3) is 2.67. The lowest BCUT2D eigenvalue weighted by atomic mass is 10.2. The minimum absolute atomic E-state index is 0.0852. The van der Waals surface area contributed by atoms with Crippen molar-refractivity contribution in [3.63, 3.8) is 0 Å². The molecule has 0 aliphatic carbocycles. The molecule has 0 fully saturated rings. The van der Waals surface area contributed by atoms with Gasteiger partial charge < -0.3 is 19.1 Å². The quantitative estimate of drug-likeness (QED) is 0.758. The van der Waals surface area contributed by atoms with Crippen molar-refractivity contribution < 1.29 is 19.0 Å². The van der Waals surface area contributed by atoms with Gasteiger partial charge in [0.1, 0.15) is 23.8 Å². The van der Waals surface area contributed by atoms with Crippen molar-refractivity contribution in [2.24, 2.45) is 0 Å². The van der Waals surface area contributed by atoms with Crippen LogP contribution in [-0.4, -0.2) is 39.4 Å². The minimum Gasteiger partial charge on any atom is -0.489 e. The van der Waals surface area contributed by atoms with E-state index < -0.39 is 0 Å². The monoisotopic (exact) mass is 251 g/mol. The van der Waals surface area contributed by atoms with Crippen molar-refractivity contribution >= 4 is 11.7 Å². The average molecular weight is 251 g/mol. The molecule has 5 nitrogen and oxygen atoms in total. The van der Waals surface area contributed by atoms with Crippen LogP contribution in [0, 0.1) is 0 Å². The van der Waals surface area contributed by atoms with Gasteiger partial charge in [0, 0.05) is 7.05 Å². The molecule has 98 valence electrons. The molecule has 1 aromatic carbocycles. The van der Waals surface area contributed by atoms with Crippen LogP contribution in [0.2, 0.25) is 0 Å². The van der Waals surface area contributed by atoms with Gasteiger partial charge in [0.25, 0.3) is 0 Å². The van der Waals surface area contributed by atoms with E-state index in [2.05, 4.69) is 4.90 Å². The summed E-state index contributed by atoms with van der Waals surface area (Å²) in [6, 6.07) is 5.56. The summed E-state index contributed by atoms with van der Waals surface area (Å²) in [5, 5.41) is 0. The fourth-order valence-corrected chi connectivity index (χ4v) is 1.86. The van der Waals surface area contributed by atoms with Crippen LogP contribution in [0.15, 0.2) is 18.2 Å². The molecule has 1 aromatic rings. The van der Waals surface area contributed by atoms with Crippen LogP contribution in [0.4, 0.5) is 5.69 Å². The Morgan fingerprint density at radius 2 is 2.33 bits per heavy atom. The van der Waals surface area contributed by atoms with E-state index in [0.29, 0.717) is 19.0 Å². The molecule has 0 amide bonds. The normalized spacial score (nSPS) is 13.6. The number of anilines is 1. The van der Waals surface area contributed by atoms with Crippen molar-refractivity contribution in [1.29, 1.82) is 0 Å². The molecule has 5 heteroatoms. The van der Waals surface area contributed by atoms with E-state index in [4.69, 9.17) is 14.2 Å². The molecule has 0 unspecified atom stereocenters. The Morgan fingerprint density at radius 1 is 1.50 bits per heavy atom. The van der Waals surface area contributed by atoms with Crippen LogP contribution in [-0.2, 0) is 9.53 Å². The number of likely N-dealkylation sites (N-methyl/N-ethyl adjacent to an activating group) is 1. The maximum atomic E-state index is 11.3. The van der Waals surface area contributed by atoms with Crippen LogP contribution in [0.25, 0.3) is 0 Å². The van der Waals surface area contributed by atoms with Gasteiger partial charge in [0.05, 0.1) is 13.2 Å². The molecule has 0 N–H and O–H groups in total. The van der Waals surface area contributed by atoms with Crippen LogP contribution < -0.4 is 14.4 Å². The summed E-state index contributed by atoms with van der Waals surface area (Å²) < 4.78 is 15.9. The number of benzene rings is 1. The van der Waals surface area contributed by atoms with Gasteiger partial charge in [-0.25, -0.2) is 4.79 Å². The first kappa shape index (κ1) is 12.5. The molecule has 0 saturated heterocycles. The fourth-order valence-electron chi connectivity index (χ4n) is 1.86. The molecular weight excluding hydrogens is 234 g/mol. The van der Waals surface area contributed by atoms with Gasteiger partial charge >= 0.3 is 5.97 Å². The maximum absolute atomic E-state index is 11.3. The lowest BCUT2D eigenvalue weighted by Gasteiger charge is -2.29. The second-order valence-corrected chi connectivity index (χ2v) is 3.97. The van der Waals surface area contributed by atoms with Gasteiger partial charge in [-0.1, -0.05) is 6.07 Å². The largest absolute Gasteiger partial charge is 0.489 e. The van der Waals surface area contributed by atoms with Crippen molar-refractivity contribution in [1.82, 2.24) is 0 Å². The summed E-state index contributed by atoms with van der Waals surface area (Å²) in [5.74, 6) is 1.06. The van der Waals surface area contributed by atoms with Crippen LogP contribution >= 0.6 is 0 Å². The zero-order chi connectivity index (χ0) is 13.0. The Balaban J connectivity index is 2.11. The third-order valence-corrected chi connectivity index (χ3v) is 2.68. The molecule has 0 saturated carbocycles. The van der Waals surface area contributed by atoms with E-state index >= 15 is 0 Å². The van der Waals surface area contributed by atoms with Gasteiger partial charge in [-0.3, -0.25) is 0 Å². The fraction of sp³-hybridized carbons (Fsp3) is 0.462. The third-order valence-electron chi connectivity index (χ3n) is 2.68. The number of esters is 1. The number of fused-ring (bicyclic) bond motifs is 1. The van der Waals surface area contributed by atoms with E-state index in [1.807, 2.05) is 25.2 Å². The molecular formula is C13H17NO4. The molecule has 0 aromatic heterocycles. The number of hydrogen-bond acceptors (Lipinski definition) is 5. The number of carbonyl (C=O) groups excluding carboxylic acids is 1. The predicted molar refractivity (Wildman–Crippen MR) is 67.3 cm³/mol. The highest BCUT2D eigenvalue weighted by Crippen LogP contribution is 2.39. The lowest BCUT2D eigenvalue weighted by Crippen LogP contribution is -2.29. The smallest absolute Gasteiger partial charge is 0.344 e. The first-order valence-electron chi connectivity index (χ1n) is 5.97. The molecule has 0 spiro atoms. The van der Waals surface area contributed by atoms with Gasteiger partial charge in [-0.05, 0) is 19.1 Å². The summed E-state index contributed by atoms with van der Waals surface area (Å²) in [7, 11) is 1.97. The molecule has 0 bridgehead atoms. The molecule has 18 heavy (non-hydrogen) atoms. The molecule has 1 aliphatic rings. The summed E-state index contributed by atoms with van der Waals surface area (Å²) in [6.07, 6.45) is 0. The number of carbonyl (C=O) groups is 1. The van der Waals surface area contributed by atoms with Crippen LogP contribution in [0.1, 0.15) is 6.92 Å². The zero-order valence-electron chi connectivity index (χ0n) is 10.6. The molecule has 1 aliphatic heterocycles. The lowest BCUT2D eigenvalue weighted by molar-refractivity contribution is -0.145. The SMILES string of the molecule is CCOC(=O)COc1cccc2c1N(C)CCO2. The van der Waals surface area contributed by atoms with Crippen LogP contribution in [0.3, 0.4) is 0 Å². The van der Waals surface area contributed by atoms with Crippen LogP contribution in [0.5, 0.6) is 11.5 Å². The number of rotatable bonds is 4. The van der Waals surface area contributed by atoms with Gasteiger partial charge in [0.2, 0.25) is 0 Å². The Labute approximate surface area is 106 Å². The second-order valence-electron chi connectivity index (χ2n) is 3.97. The standard InChI is InChI=1S/C13H17NO4/c1-3-16-12(15)9-18-11-6-4-5-10-13(11)14(2)7-8-17-10/h4-6H,3,7-9H2,1-2H3. The Bertz CT molecular complexity index is 433. The first-order valence-corrected chi connectivity index (χ1v) is 5.97. The number of nitrogens with zero attached hydrogens (tertiary/aromatic N) is 1. The highest BCUT2D eigenvalue weighted by Gasteiger charge is 2.20. The average Bonchev–Trinajstić information content (AvgIpc) is 2.37. The summed E-state index contributed by atoms with van der Waals surface area (Å²) in [5.41, 5.74) is 0.882. The molecule has 2 rings (SSSR count). The van der Waals surface area contributed by atoms with Crippen molar-refractivity contribution in [2.45, 2.75) is 6.92 Å². The van der Waals surface area contributed by atoms with Gasteiger partial charge in [-0.2, -0.15) is 0 Å². The van der Waals surface area contributed by atoms with Crippen molar-refractivity contribution in [3.8, 4) is 11.5 Å². The molecule has 1 heterocycles. The Kier molecular flexibility index (Phi) is 3.92. The van der Waals surface area contributed by atoms with Gasteiger partial charge in [0.15, 0.2) is 6.61 Å². The topological polar surface area (TPSA) is 48.0 Å². The Morgan fingerprint density at radius 3 is 3.11 bits per heavy atom. The highest BCUT2D eigenvalue weighted by molar-refractivity contribution is 5.73. The zero-order valence-corrected chi connectivity index (χ0v) is 10.6. The van der Waals surface area contributed by atoms with E-state index in [-0.39, 0.29) is 12.6 Å². The maximum Gasteiger partial charge on any atom is 0.344 e. The molecule has 0 atom stereocenters. The Hall–Kier alpha value is -1.91.